The molecule has 1 fully saturated rings. The van der Waals surface area contributed by atoms with Crippen LogP contribution in [0.3, 0.4) is 0 Å². The Morgan fingerprint density at radius 1 is 1.19 bits per heavy atom. The molecule has 2 heterocycles. The zero-order valence-corrected chi connectivity index (χ0v) is 16.8. The average Bonchev–Trinajstić information content (AvgIpc) is 2.74. The Morgan fingerprint density at radius 2 is 1.88 bits per heavy atom. The highest BCUT2D eigenvalue weighted by molar-refractivity contribution is 6.33. The van der Waals surface area contributed by atoms with Crippen LogP contribution in [0.1, 0.15) is 28.8 Å². The van der Waals surface area contributed by atoms with Crippen molar-refractivity contribution in [2.24, 2.45) is 0 Å². The topological polar surface area (TPSA) is 118 Å². The summed E-state index contributed by atoms with van der Waals surface area (Å²) in [7, 11) is 0. The molecule has 3 rings (SSSR count). The van der Waals surface area contributed by atoms with Gasteiger partial charge in [-0.3, -0.25) is 19.8 Å². The summed E-state index contributed by atoms with van der Waals surface area (Å²) in [5.41, 5.74) is 1.72. The molecule has 0 radical (unpaired) electrons. The molecule has 1 aromatic carbocycles. The predicted octanol–water partition coefficient (Wildman–Crippen LogP) is 2.71. The molecule has 168 valence electrons. The molecule has 1 saturated heterocycles. The van der Waals surface area contributed by atoms with Crippen LogP contribution in [0, 0.1) is 0 Å². The number of halogens is 4. The van der Waals surface area contributed by atoms with E-state index < -0.39 is 35.2 Å². The van der Waals surface area contributed by atoms with Crippen LogP contribution < -0.4 is 15.8 Å². The lowest BCUT2D eigenvalue weighted by Gasteiger charge is -2.27. The van der Waals surface area contributed by atoms with Gasteiger partial charge in [0, 0.05) is 19.0 Å². The third-order valence-electron chi connectivity index (χ3n) is 4.17. The number of benzene rings is 1. The first-order chi connectivity index (χ1) is 15.0. The van der Waals surface area contributed by atoms with Gasteiger partial charge in [0.25, 0.3) is 5.91 Å². The highest BCUT2D eigenvalue weighted by atomic mass is 35.5. The van der Waals surface area contributed by atoms with E-state index in [0.29, 0.717) is 18.0 Å². The SMILES string of the molecule is O=C(COC(=O)c1ccc(N2NC(=O)CCC2=O)cc1)Nc1ncc(C(F)(F)F)cc1Cl. The van der Waals surface area contributed by atoms with Gasteiger partial charge in [-0.25, -0.2) is 14.8 Å². The second-order valence-electron chi connectivity index (χ2n) is 6.49. The molecular formula is C19H14ClF3N4O5. The number of anilines is 2. The van der Waals surface area contributed by atoms with Crippen molar-refractivity contribution >= 4 is 46.8 Å². The van der Waals surface area contributed by atoms with Crippen molar-refractivity contribution in [1.29, 1.82) is 0 Å². The smallest absolute Gasteiger partial charge is 0.417 e. The molecule has 9 nitrogen and oxygen atoms in total. The number of hydrazine groups is 1. The van der Waals surface area contributed by atoms with Crippen LogP contribution in [0.15, 0.2) is 36.5 Å². The van der Waals surface area contributed by atoms with Crippen molar-refractivity contribution in [3.63, 3.8) is 0 Å². The molecule has 13 heteroatoms. The number of carbonyl (C=O) groups excluding carboxylic acids is 4. The van der Waals surface area contributed by atoms with E-state index in [1.54, 1.807) is 0 Å². The minimum absolute atomic E-state index is 0.0581. The summed E-state index contributed by atoms with van der Waals surface area (Å²) in [6.07, 6.45) is -3.99. The lowest BCUT2D eigenvalue weighted by atomic mass is 10.2. The summed E-state index contributed by atoms with van der Waals surface area (Å²) in [5.74, 6) is -2.69. The monoisotopic (exact) mass is 470 g/mol. The highest BCUT2D eigenvalue weighted by Crippen LogP contribution is 2.32. The number of ether oxygens (including phenoxy) is 1. The third kappa shape index (κ3) is 5.52. The Morgan fingerprint density at radius 3 is 2.50 bits per heavy atom. The molecule has 0 spiro atoms. The number of carbonyl (C=O) groups is 4. The summed E-state index contributed by atoms with van der Waals surface area (Å²) >= 11 is 5.70. The summed E-state index contributed by atoms with van der Waals surface area (Å²) in [6, 6.07) is 6.08. The van der Waals surface area contributed by atoms with Gasteiger partial charge in [0.2, 0.25) is 11.8 Å². The van der Waals surface area contributed by atoms with Gasteiger partial charge in [-0.1, -0.05) is 11.6 Å². The first-order valence-electron chi connectivity index (χ1n) is 8.97. The second-order valence-corrected chi connectivity index (χ2v) is 6.89. The Kier molecular flexibility index (Phi) is 6.63. The van der Waals surface area contributed by atoms with E-state index in [1.165, 1.54) is 24.3 Å². The lowest BCUT2D eigenvalue weighted by Crippen LogP contribution is -2.50. The van der Waals surface area contributed by atoms with Crippen molar-refractivity contribution in [2.75, 3.05) is 16.9 Å². The Bertz CT molecular complexity index is 1080. The van der Waals surface area contributed by atoms with Crippen LogP contribution >= 0.6 is 11.6 Å². The number of alkyl halides is 3. The van der Waals surface area contributed by atoms with Gasteiger partial charge < -0.3 is 10.1 Å². The van der Waals surface area contributed by atoms with E-state index >= 15 is 0 Å². The molecule has 32 heavy (non-hydrogen) atoms. The van der Waals surface area contributed by atoms with E-state index in [0.717, 1.165) is 5.01 Å². The first-order valence-corrected chi connectivity index (χ1v) is 9.34. The molecule has 3 amide bonds. The number of pyridine rings is 1. The Hall–Kier alpha value is -3.67. The Labute approximate surface area is 183 Å². The minimum atomic E-state index is -4.64. The molecule has 0 aliphatic carbocycles. The molecule has 2 aromatic rings. The molecule has 1 aliphatic heterocycles. The molecule has 2 N–H and O–H groups in total. The summed E-state index contributed by atoms with van der Waals surface area (Å²) in [4.78, 5) is 50.8. The van der Waals surface area contributed by atoms with Crippen molar-refractivity contribution < 1.29 is 37.1 Å². The molecular weight excluding hydrogens is 457 g/mol. The summed E-state index contributed by atoms with van der Waals surface area (Å²) in [6.45, 7) is -0.750. The van der Waals surface area contributed by atoms with Crippen LogP contribution in [0.4, 0.5) is 24.7 Å². The van der Waals surface area contributed by atoms with Crippen LogP contribution in [-0.2, 0) is 25.3 Å². The maximum absolute atomic E-state index is 12.6. The quantitative estimate of drug-likeness (QED) is 0.649. The number of esters is 1. The number of nitrogens with zero attached hydrogens (tertiary/aromatic N) is 2. The van der Waals surface area contributed by atoms with Gasteiger partial charge in [-0.05, 0) is 30.3 Å². The zero-order valence-electron chi connectivity index (χ0n) is 16.0. The summed E-state index contributed by atoms with van der Waals surface area (Å²) in [5, 5.41) is 2.77. The van der Waals surface area contributed by atoms with Gasteiger partial charge in [0.15, 0.2) is 12.4 Å². The molecule has 1 aliphatic rings. The maximum Gasteiger partial charge on any atom is 0.417 e. The van der Waals surface area contributed by atoms with Gasteiger partial charge in [-0.2, -0.15) is 13.2 Å². The van der Waals surface area contributed by atoms with Crippen LogP contribution in [0.2, 0.25) is 5.02 Å². The van der Waals surface area contributed by atoms with Gasteiger partial charge in [0.05, 0.1) is 21.8 Å². The number of rotatable bonds is 5. The second kappa shape index (κ2) is 9.22. The molecule has 0 atom stereocenters. The number of aromatic nitrogens is 1. The largest absolute Gasteiger partial charge is 0.452 e. The molecule has 0 unspecified atom stereocenters. The number of nitrogens with one attached hydrogen (secondary N) is 2. The summed E-state index contributed by atoms with van der Waals surface area (Å²) < 4.78 is 42.7. The predicted molar refractivity (Wildman–Crippen MR) is 104 cm³/mol. The highest BCUT2D eigenvalue weighted by Gasteiger charge is 2.31. The lowest BCUT2D eigenvalue weighted by molar-refractivity contribution is -0.137. The van der Waals surface area contributed by atoms with E-state index in [-0.39, 0.29) is 36.0 Å². The van der Waals surface area contributed by atoms with Gasteiger partial charge in [0.1, 0.15) is 0 Å². The van der Waals surface area contributed by atoms with Crippen molar-refractivity contribution in [3.8, 4) is 0 Å². The van der Waals surface area contributed by atoms with Crippen LogP contribution in [-0.4, -0.2) is 35.3 Å². The average molecular weight is 471 g/mol. The van der Waals surface area contributed by atoms with Crippen LogP contribution in [0.25, 0.3) is 0 Å². The fourth-order valence-electron chi connectivity index (χ4n) is 2.60. The number of hydrogen-bond acceptors (Lipinski definition) is 6. The zero-order chi connectivity index (χ0) is 23.5. The van der Waals surface area contributed by atoms with Crippen molar-refractivity contribution in [1.82, 2.24) is 10.4 Å². The third-order valence-corrected chi connectivity index (χ3v) is 4.46. The molecule has 0 bridgehead atoms. The maximum atomic E-state index is 12.6. The van der Waals surface area contributed by atoms with Crippen LogP contribution in [0.5, 0.6) is 0 Å². The van der Waals surface area contributed by atoms with Crippen molar-refractivity contribution in [2.45, 2.75) is 19.0 Å². The normalized spacial score (nSPS) is 14.1. The van der Waals surface area contributed by atoms with Crippen molar-refractivity contribution in [3.05, 3.63) is 52.7 Å². The molecule has 1 aromatic heterocycles. The number of amides is 3. The standard InChI is InChI=1S/C19H14ClF3N4O5/c20-13-7-11(19(21,22)23)8-24-17(13)25-15(29)9-32-18(31)10-1-3-12(4-2-10)27-16(30)6-5-14(28)26-27/h1-4,7-8H,5-6,9H2,(H,26,28)(H,24,25,29). The Balaban J connectivity index is 1.56. The minimum Gasteiger partial charge on any atom is -0.452 e. The fraction of sp³-hybridized carbons (Fsp3) is 0.211. The first kappa shape index (κ1) is 23.0. The van der Waals surface area contributed by atoms with E-state index in [9.17, 15) is 32.3 Å². The van der Waals surface area contributed by atoms with E-state index in [1.807, 2.05) is 0 Å². The van der Waals surface area contributed by atoms with E-state index in [2.05, 4.69) is 15.7 Å². The van der Waals surface area contributed by atoms with E-state index in [4.69, 9.17) is 16.3 Å². The number of hydrogen-bond donors (Lipinski definition) is 2. The van der Waals surface area contributed by atoms with Gasteiger partial charge in [-0.15, -0.1) is 0 Å². The molecule has 0 saturated carbocycles. The van der Waals surface area contributed by atoms with Gasteiger partial charge >= 0.3 is 12.1 Å². The fourth-order valence-corrected chi connectivity index (χ4v) is 2.81.